The summed E-state index contributed by atoms with van der Waals surface area (Å²) in [5.41, 5.74) is 1.72. The average molecular weight is 544 g/mol. The third-order valence-corrected chi connectivity index (χ3v) is 7.78. The van der Waals surface area contributed by atoms with Gasteiger partial charge in [-0.05, 0) is 49.9 Å². The number of aromatic nitrogens is 3. The second-order valence-electron chi connectivity index (χ2n) is 9.92. The van der Waals surface area contributed by atoms with Gasteiger partial charge in [0.25, 0.3) is 17.4 Å². The van der Waals surface area contributed by atoms with Crippen LogP contribution in [0.15, 0.2) is 65.6 Å². The van der Waals surface area contributed by atoms with E-state index in [9.17, 15) is 19.5 Å². The lowest BCUT2D eigenvalue weighted by Gasteiger charge is -2.26. The topological polar surface area (TPSA) is 117 Å². The highest BCUT2D eigenvalue weighted by atomic mass is 35.5. The van der Waals surface area contributed by atoms with Gasteiger partial charge in [0.05, 0.1) is 17.2 Å². The van der Waals surface area contributed by atoms with E-state index in [1.807, 2.05) is 0 Å². The quantitative estimate of drug-likeness (QED) is 0.351. The minimum atomic E-state index is -0.383. The summed E-state index contributed by atoms with van der Waals surface area (Å²) in [6.45, 7) is 0.0474. The summed E-state index contributed by atoms with van der Waals surface area (Å²) >= 11 is 6.44. The molecule has 6 rings (SSSR count). The smallest absolute Gasteiger partial charge is 0.261 e. The predicted octanol–water partition coefficient (Wildman–Crippen LogP) is 4.12. The Morgan fingerprint density at radius 1 is 0.872 bits per heavy atom. The second-order valence-corrected chi connectivity index (χ2v) is 10.3. The molecule has 0 spiro atoms. The van der Waals surface area contributed by atoms with E-state index in [0.717, 1.165) is 12.8 Å². The molecular weight excluding hydrogens is 518 g/mol. The summed E-state index contributed by atoms with van der Waals surface area (Å²) in [6.07, 6.45) is 4.37. The fraction of sp³-hybridized carbons (Fsp3) is 0.276. The highest BCUT2D eigenvalue weighted by molar-refractivity contribution is 6.33. The predicted molar refractivity (Wildman–Crippen MR) is 148 cm³/mol. The van der Waals surface area contributed by atoms with Gasteiger partial charge < -0.3 is 10.4 Å². The Bertz CT molecular complexity index is 1630. The molecule has 0 radical (unpaired) electrons. The van der Waals surface area contributed by atoms with Crippen molar-refractivity contribution in [3.63, 3.8) is 0 Å². The molecule has 9 nitrogen and oxygen atoms in total. The van der Waals surface area contributed by atoms with E-state index in [2.05, 4.69) is 15.3 Å². The Balaban J connectivity index is 1.39. The Morgan fingerprint density at radius 2 is 1.51 bits per heavy atom. The van der Waals surface area contributed by atoms with Crippen molar-refractivity contribution in [2.45, 2.75) is 44.4 Å². The molecule has 39 heavy (non-hydrogen) atoms. The third kappa shape index (κ3) is 4.68. The van der Waals surface area contributed by atoms with Crippen LogP contribution >= 0.6 is 11.6 Å². The van der Waals surface area contributed by atoms with Crippen molar-refractivity contribution < 1.29 is 14.7 Å². The van der Waals surface area contributed by atoms with Gasteiger partial charge in [-0.15, -0.1) is 0 Å². The zero-order chi connectivity index (χ0) is 27.1. The number of fused-ring (bicyclic) bond motifs is 2. The summed E-state index contributed by atoms with van der Waals surface area (Å²) in [6, 6.07) is 15.6. The lowest BCUT2D eigenvalue weighted by atomic mass is 9.93. The number of anilines is 1. The van der Waals surface area contributed by atoms with Gasteiger partial charge in [0, 0.05) is 46.9 Å². The van der Waals surface area contributed by atoms with Crippen LogP contribution in [-0.4, -0.2) is 55.0 Å². The summed E-state index contributed by atoms with van der Waals surface area (Å²) in [4.78, 5) is 50.1. The second kappa shape index (κ2) is 10.2. The highest BCUT2D eigenvalue weighted by Crippen LogP contribution is 2.28. The zero-order valence-corrected chi connectivity index (χ0v) is 21.8. The molecule has 0 unspecified atom stereocenters. The number of halogens is 1. The van der Waals surface area contributed by atoms with Crippen LogP contribution < -0.4 is 10.9 Å². The molecule has 2 N–H and O–H groups in total. The van der Waals surface area contributed by atoms with Crippen molar-refractivity contribution in [1.82, 2.24) is 19.4 Å². The normalized spacial score (nSPS) is 19.0. The molecule has 4 aromatic rings. The fourth-order valence-electron chi connectivity index (χ4n) is 5.35. The van der Waals surface area contributed by atoms with Gasteiger partial charge in [0.2, 0.25) is 5.95 Å². The number of nitrogens with one attached hydrogen (secondary N) is 1. The van der Waals surface area contributed by atoms with Gasteiger partial charge in [0.15, 0.2) is 0 Å². The molecule has 3 heterocycles. The maximum atomic E-state index is 13.9. The van der Waals surface area contributed by atoms with Crippen LogP contribution in [0.5, 0.6) is 0 Å². The van der Waals surface area contributed by atoms with Crippen LogP contribution in [0, 0.1) is 0 Å². The molecule has 1 fully saturated rings. The number of carbonyl (C=O) groups excluding carboxylic acids is 2. The van der Waals surface area contributed by atoms with Crippen LogP contribution in [0.1, 0.15) is 46.4 Å². The van der Waals surface area contributed by atoms with Crippen molar-refractivity contribution in [3.05, 3.63) is 87.3 Å². The molecule has 1 aliphatic carbocycles. The Morgan fingerprint density at radius 3 is 2.18 bits per heavy atom. The van der Waals surface area contributed by atoms with Gasteiger partial charge in [-0.2, -0.15) is 4.98 Å². The lowest BCUT2D eigenvalue weighted by molar-refractivity contribution is 0.0649. The Labute approximate surface area is 229 Å². The number of rotatable bonds is 6. The van der Waals surface area contributed by atoms with E-state index in [1.54, 1.807) is 60.8 Å². The molecule has 0 atom stereocenters. The number of aliphatic hydroxyl groups excluding tert-OH is 1. The molecular formula is C29H26ClN5O4. The van der Waals surface area contributed by atoms with Crippen LogP contribution in [0.3, 0.4) is 0 Å². The number of nitrogens with zero attached hydrogens (tertiary/aromatic N) is 4. The van der Waals surface area contributed by atoms with Crippen molar-refractivity contribution in [2.75, 3.05) is 11.9 Å². The highest BCUT2D eigenvalue weighted by Gasteiger charge is 2.35. The van der Waals surface area contributed by atoms with Crippen LogP contribution in [0.4, 0.5) is 5.95 Å². The summed E-state index contributed by atoms with van der Waals surface area (Å²) in [5.74, 6) is -0.387. The van der Waals surface area contributed by atoms with Crippen LogP contribution in [0.2, 0.25) is 5.02 Å². The minimum Gasteiger partial charge on any atom is -0.393 e. The molecule has 1 saturated carbocycles. The van der Waals surface area contributed by atoms with E-state index < -0.39 is 0 Å². The number of hydrogen-bond acceptors (Lipinski definition) is 7. The SMILES string of the molecule is O=C1c2ccccc2C(=O)N1CCn1c(=O)c(-c2ccccc2Cl)cc2cnc(NC3CCC(O)CC3)nc21. The number of pyridine rings is 1. The largest absolute Gasteiger partial charge is 0.393 e. The van der Waals surface area contributed by atoms with Crippen molar-refractivity contribution in [2.24, 2.45) is 0 Å². The molecule has 0 saturated heterocycles. The Kier molecular flexibility index (Phi) is 6.62. The number of hydrogen-bond donors (Lipinski definition) is 2. The van der Waals surface area contributed by atoms with E-state index in [-0.39, 0.29) is 42.6 Å². The number of carbonyl (C=O) groups is 2. The maximum absolute atomic E-state index is 13.9. The molecule has 10 heteroatoms. The molecule has 2 aliphatic rings. The lowest BCUT2D eigenvalue weighted by Crippen LogP contribution is -2.35. The van der Waals surface area contributed by atoms with Crippen molar-refractivity contribution >= 4 is 40.4 Å². The number of amides is 2. The van der Waals surface area contributed by atoms with Crippen molar-refractivity contribution in [1.29, 1.82) is 0 Å². The average Bonchev–Trinajstić information content (AvgIpc) is 3.19. The Hall–Kier alpha value is -4.08. The van der Waals surface area contributed by atoms with Gasteiger partial charge in [-0.3, -0.25) is 23.9 Å². The first-order valence-electron chi connectivity index (χ1n) is 13.0. The van der Waals surface area contributed by atoms with Crippen LogP contribution in [0.25, 0.3) is 22.2 Å². The molecule has 2 amide bonds. The summed E-state index contributed by atoms with van der Waals surface area (Å²) < 4.78 is 1.48. The number of imide groups is 1. The third-order valence-electron chi connectivity index (χ3n) is 7.45. The first kappa shape index (κ1) is 25.2. The van der Waals surface area contributed by atoms with Gasteiger partial charge in [-0.1, -0.05) is 41.9 Å². The number of aliphatic hydroxyl groups is 1. The molecule has 0 bridgehead atoms. The monoisotopic (exact) mass is 543 g/mol. The maximum Gasteiger partial charge on any atom is 0.261 e. The summed E-state index contributed by atoms with van der Waals surface area (Å²) in [5, 5.41) is 14.2. The molecule has 2 aromatic heterocycles. The standard InChI is InChI=1S/C29H26ClN5O4/c30-24-8-4-3-5-20(24)23-15-17-16-31-29(32-18-9-11-19(36)12-10-18)33-25(17)34(28(23)39)13-14-35-26(37)21-6-1-2-7-22(21)27(35)38/h1-8,15-16,18-19,36H,9-14H2,(H,31,32,33). The van der Waals surface area contributed by atoms with E-state index >= 15 is 0 Å². The van der Waals surface area contributed by atoms with Gasteiger partial charge in [-0.25, -0.2) is 4.98 Å². The first-order chi connectivity index (χ1) is 18.9. The van der Waals surface area contributed by atoms with Gasteiger partial charge in [0.1, 0.15) is 5.65 Å². The van der Waals surface area contributed by atoms with E-state index in [4.69, 9.17) is 11.6 Å². The molecule has 1 aliphatic heterocycles. The van der Waals surface area contributed by atoms with E-state index in [0.29, 0.717) is 57.1 Å². The van der Waals surface area contributed by atoms with Crippen molar-refractivity contribution in [3.8, 4) is 11.1 Å². The van der Waals surface area contributed by atoms with E-state index in [1.165, 1.54) is 9.47 Å². The minimum absolute atomic E-state index is 0.000602. The van der Waals surface area contributed by atoms with Crippen LogP contribution in [-0.2, 0) is 6.54 Å². The summed E-state index contributed by atoms with van der Waals surface area (Å²) in [7, 11) is 0. The number of benzene rings is 2. The molecule has 198 valence electrons. The van der Waals surface area contributed by atoms with Gasteiger partial charge >= 0.3 is 0 Å². The fourth-order valence-corrected chi connectivity index (χ4v) is 5.59. The molecule has 2 aromatic carbocycles. The zero-order valence-electron chi connectivity index (χ0n) is 21.0. The first-order valence-corrected chi connectivity index (χ1v) is 13.3.